The van der Waals surface area contributed by atoms with E-state index in [1.807, 2.05) is 0 Å². The molecule has 100 valence electrons. The number of aromatic carboxylic acids is 1. The number of benzene rings is 1. The molecule has 1 aliphatic carbocycles. The predicted molar refractivity (Wildman–Crippen MR) is 64.0 cm³/mol. The molecule has 1 aliphatic rings. The fourth-order valence-electron chi connectivity index (χ4n) is 2.24. The van der Waals surface area contributed by atoms with Crippen molar-refractivity contribution >= 4 is 5.97 Å². The monoisotopic (exact) mass is 268 g/mol. The fourth-order valence-corrected chi connectivity index (χ4v) is 2.24. The molecule has 0 saturated carbocycles. The molecular formula is C14H11F3O2. The zero-order valence-corrected chi connectivity index (χ0v) is 9.82. The van der Waals surface area contributed by atoms with Crippen molar-refractivity contribution in [3.05, 3.63) is 59.7 Å². The molecule has 0 spiro atoms. The molecule has 2 rings (SSSR count). The Morgan fingerprint density at radius 1 is 1.21 bits per heavy atom. The fraction of sp³-hybridized carbons (Fsp3) is 0.214. The first-order valence-corrected chi connectivity index (χ1v) is 5.62. The first kappa shape index (κ1) is 13.4. The lowest BCUT2D eigenvalue weighted by atomic mass is 9.73. The third-order valence-electron chi connectivity index (χ3n) is 3.21. The van der Waals surface area contributed by atoms with Gasteiger partial charge in [0.2, 0.25) is 0 Å². The number of halogens is 3. The molecule has 1 aromatic rings. The number of carboxylic acid groups (broad SMARTS) is 1. The third-order valence-corrected chi connectivity index (χ3v) is 3.21. The van der Waals surface area contributed by atoms with Crippen LogP contribution in [0, 0.1) is 0 Å². The predicted octanol–water partition coefficient (Wildman–Crippen LogP) is 3.70. The molecule has 0 bridgehead atoms. The summed E-state index contributed by atoms with van der Waals surface area (Å²) in [5.74, 6) is -1.36. The maximum Gasteiger partial charge on any atom is 0.402 e. The molecule has 0 aliphatic heterocycles. The number of allylic oxidation sites excluding steroid dienone is 4. The molecule has 0 amide bonds. The van der Waals surface area contributed by atoms with Crippen molar-refractivity contribution in [1.82, 2.24) is 0 Å². The Morgan fingerprint density at radius 2 is 1.89 bits per heavy atom. The quantitative estimate of drug-likeness (QED) is 0.888. The Labute approximate surface area is 107 Å². The van der Waals surface area contributed by atoms with E-state index in [1.54, 1.807) is 0 Å². The van der Waals surface area contributed by atoms with Gasteiger partial charge in [0.05, 0.1) is 5.56 Å². The highest BCUT2D eigenvalue weighted by Gasteiger charge is 2.54. The molecule has 0 aromatic heterocycles. The van der Waals surface area contributed by atoms with Crippen LogP contribution in [-0.2, 0) is 5.41 Å². The van der Waals surface area contributed by atoms with E-state index in [4.69, 9.17) is 5.11 Å². The van der Waals surface area contributed by atoms with Gasteiger partial charge in [0.15, 0.2) is 0 Å². The largest absolute Gasteiger partial charge is 0.478 e. The number of alkyl halides is 3. The summed E-state index contributed by atoms with van der Waals surface area (Å²) in [7, 11) is 0. The van der Waals surface area contributed by atoms with Crippen molar-refractivity contribution in [2.45, 2.75) is 18.0 Å². The maximum absolute atomic E-state index is 13.4. The van der Waals surface area contributed by atoms with Crippen LogP contribution >= 0.6 is 0 Å². The van der Waals surface area contributed by atoms with Gasteiger partial charge in [-0.25, -0.2) is 4.79 Å². The number of hydrogen-bond donors (Lipinski definition) is 1. The van der Waals surface area contributed by atoms with Gasteiger partial charge >= 0.3 is 12.1 Å². The summed E-state index contributed by atoms with van der Waals surface area (Å²) < 4.78 is 40.3. The van der Waals surface area contributed by atoms with E-state index in [-0.39, 0.29) is 17.5 Å². The van der Waals surface area contributed by atoms with Gasteiger partial charge in [-0.3, -0.25) is 0 Å². The van der Waals surface area contributed by atoms with Crippen LogP contribution in [0.1, 0.15) is 22.3 Å². The molecular weight excluding hydrogens is 257 g/mol. The van der Waals surface area contributed by atoms with Crippen LogP contribution in [0.5, 0.6) is 0 Å². The molecule has 0 radical (unpaired) electrons. The van der Waals surface area contributed by atoms with Gasteiger partial charge in [-0.1, -0.05) is 42.5 Å². The first-order valence-electron chi connectivity index (χ1n) is 5.62. The van der Waals surface area contributed by atoms with Crippen LogP contribution in [0.25, 0.3) is 0 Å². The number of carbonyl (C=O) groups is 1. The summed E-state index contributed by atoms with van der Waals surface area (Å²) in [4.78, 5) is 11.1. The number of rotatable bonds is 2. The van der Waals surface area contributed by atoms with E-state index in [9.17, 15) is 18.0 Å². The average molecular weight is 268 g/mol. The van der Waals surface area contributed by atoms with Crippen LogP contribution in [0.3, 0.4) is 0 Å². The Morgan fingerprint density at radius 3 is 2.42 bits per heavy atom. The van der Waals surface area contributed by atoms with Crippen molar-refractivity contribution in [3.8, 4) is 0 Å². The molecule has 2 nitrogen and oxygen atoms in total. The lowest BCUT2D eigenvalue weighted by Crippen LogP contribution is -2.42. The summed E-state index contributed by atoms with van der Waals surface area (Å²) in [5.41, 5.74) is -2.81. The Bertz CT molecular complexity index is 558. The van der Waals surface area contributed by atoms with Gasteiger partial charge < -0.3 is 5.11 Å². The van der Waals surface area contributed by atoms with E-state index in [0.717, 1.165) is 6.08 Å². The van der Waals surface area contributed by atoms with E-state index < -0.39 is 17.6 Å². The molecule has 0 fully saturated rings. The van der Waals surface area contributed by atoms with Crippen molar-refractivity contribution in [2.24, 2.45) is 0 Å². The van der Waals surface area contributed by atoms with Crippen LogP contribution in [0.2, 0.25) is 0 Å². The van der Waals surface area contributed by atoms with Crippen molar-refractivity contribution in [1.29, 1.82) is 0 Å². The minimum atomic E-state index is -4.56. The lowest BCUT2D eigenvalue weighted by molar-refractivity contribution is -0.175. The van der Waals surface area contributed by atoms with Gasteiger partial charge in [-0.2, -0.15) is 13.2 Å². The van der Waals surface area contributed by atoms with Crippen molar-refractivity contribution in [3.63, 3.8) is 0 Å². The first-order chi connectivity index (χ1) is 8.88. The van der Waals surface area contributed by atoms with Gasteiger partial charge in [-0.15, -0.1) is 0 Å². The molecule has 0 saturated heterocycles. The zero-order chi connectivity index (χ0) is 14.1. The molecule has 1 aromatic carbocycles. The van der Waals surface area contributed by atoms with Crippen molar-refractivity contribution in [2.75, 3.05) is 0 Å². The minimum Gasteiger partial charge on any atom is -0.478 e. The van der Waals surface area contributed by atoms with Crippen molar-refractivity contribution < 1.29 is 23.1 Å². The summed E-state index contributed by atoms with van der Waals surface area (Å²) in [6.07, 6.45) is 0.390. The van der Waals surface area contributed by atoms with E-state index in [2.05, 4.69) is 0 Å². The average Bonchev–Trinajstić information content (AvgIpc) is 2.38. The van der Waals surface area contributed by atoms with E-state index >= 15 is 0 Å². The van der Waals surface area contributed by atoms with Gasteiger partial charge in [0, 0.05) is 0 Å². The SMILES string of the molecule is O=C(O)c1ccccc1C1(C(F)(F)F)C=CC=CC1. The molecule has 0 heterocycles. The third kappa shape index (κ3) is 2.16. The van der Waals surface area contributed by atoms with E-state index in [1.165, 1.54) is 42.5 Å². The Balaban J connectivity index is 2.68. The van der Waals surface area contributed by atoms with Crippen LogP contribution in [-0.4, -0.2) is 17.3 Å². The second-order valence-electron chi connectivity index (χ2n) is 4.31. The molecule has 1 unspecified atom stereocenters. The summed E-state index contributed by atoms with van der Waals surface area (Å²) >= 11 is 0. The second kappa shape index (κ2) is 4.57. The highest BCUT2D eigenvalue weighted by atomic mass is 19.4. The Hall–Kier alpha value is -2.04. The van der Waals surface area contributed by atoms with Crippen LogP contribution in [0.4, 0.5) is 13.2 Å². The lowest BCUT2D eigenvalue weighted by Gasteiger charge is -2.34. The Kier molecular flexibility index (Phi) is 3.22. The van der Waals surface area contributed by atoms with Gasteiger partial charge in [0.1, 0.15) is 5.41 Å². The second-order valence-corrected chi connectivity index (χ2v) is 4.31. The topological polar surface area (TPSA) is 37.3 Å². The minimum absolute atomic E-state index is 0.226. The van der Waals surface area contributed by atoms with Crippen LogP contribution in [0.15, 0.2) is 48.6 Å². The standard InChI is InChI=1S/C14H11F3O2/c15-14(16,17)13(8-4-1-5-9-13)11-7-3-2-6-10(11)12(18)19/h1-8H,9H2,(H,18,19). The van der Waals surface area contributed by atoms with Crippen LogP contribution < -0.4 is 0 Å². The highest BCUT2D eigenvalue weighted by Crippen LogP contribution is 2.47. The zero-order valence-electron chi connectivity index (χ0n) is 9.82. The molecule has 1 N–H and O–H groups in total. The maximum atomic E-state index is 13.4. The summed E-state index contributed by atoms with van der Waals surface area (Å²) in [6.45, 7) is 0. The molecule has 1 atom stereocenters. The summed E-state index contributed by atoms with van der Waals surface area (Å²) in [5, 5.41) is 9.07. The van der Waals surface area contributed by atoms with Gasteiger partial charge in [0.25, 0.3) is 0 Å². The number of carboxylic acids is 1. The highest BCUT2D eigenvalue weighted by molar-refractivity contribution is 5.90. The smallest absolute Gasteiger partial charge is 0.402 e. The number of hydrogen-bond acceptors (Lipinski definition) is 1. The van der Waals surface area contributed by atoms with Gasteiger partial charge in [-0.05, 0) is 18.1 Å². The molecule has 5 heteroatoms. The normalized spacial score (nSPS) is 22.5. The van der Waals surface area contributed by atoms with E-state index in [0.29, 0.717) is 0 Å². The summed E-state index contributed by atoms with van der Waals surface area (Å²) in [6, 6.07) is 5.25. The molecule has 19 heavy (non-hydrogen) atoms.